The van der Waals surface area contributed by atoms with Gasteiger partial charge in [-0.3, -0.25) is 0 Å². The minimum Gasteiger partial charge on any atom is -0.233 e. The van der Waals surface area contributed by atoms with E-state index in [1.807, 2.05) is 13.8 Å². The van der Waals surface area contributed by atoms with Crippen LogP contribution < -0.4 is 0 Å². The molecule has 0 aliphatic heterocycles. The molecule has 2 rings (SSSR count). The summed E-state index contributed by atoms with van der Waals surface area (Å²) in [6.45, 7) is 5.39. The van der Waals surface area contributed by atoms with Crippen LogP contribution in [0.3, 0.4) is 0 Å². The fraction of sp³-hybridized carbons (Fsp3) is 0.308. The summed E-state index contributed by atoms with van der Waals surface area (Å²) in [7, 11) is 0. The van der Waals surface area contributed by atoms with E-state index < -0.39 is 11.6 Å². The fourth-order valence-electron chi connectivity index (χ4n) is 1.79. The first kappa shape index (κ1) is 12.2. The van der Waals surface area contributed by atoms with Crippen molar-refractivity contribution in [1.82, 2.24) is 4.98 Å². The number of rotatable bonds is 1. The molecule has 0 aliphatic carbocycles. The Morgan fingerprint density at radius 1 is 1.24 bits per heavy atom. The van der Waals surface area contributed by atoms with Gasteiger partial charge in [-0.1, -0.05) is 25.4 Å². The molecule has 0 saturated heterocycles. The second-order valence-corrected chi connectivity index (χ2v) is 4.77. The molecule has 90 valence electrons. The van der Waals surface area contributed by atoms with E-state index in [2.05, 4.69) is 4.98 Å². The maximum Gasteiger partial charge on any atom is 0.149 e. The smallest absolute Gasteiger partial charge is 0.149 e. The molecule has 0 aliphatic rings. The Morgan fingerprint density at radius 3 is 2.47 bits per heavy atom. The molecular weight excluding hydrogens is 244 g/mol. The van der Waals surface area contributed by atoms with Gasteiger partial charge in [0.1, 0.15) is 22.3 Å². The van der Waals surface area contributed by atoms with Gasteiger partial charge in [0.2, 0.25) is 0 Å². The lowest BCUT2D eigenvalue weighted by Crippen LogP contribution is -1.97. The zero-order valence-electron chi connectivity index (χ0n) is 9.81. The lowest BCUT2D eigenvalue weighted by molar-refractivity contribution is 0.607. The van der Waals surface area contributed by atoms with Gasteiger partial charge in [0, 0.05) is 5.39 Å². The third-order valence-electron chi connectivity index (χ3n) is 2.78. The van der Waals surface area contributed by atoms with Crippen LogP contribution in [0.1, 0.15) is 30.9 Å². The third kappa shape index (κ3) is 2.00. The lowest BCUT2D eigenvalue weighted by Gasteiger charge is -2.11. The first-order chi connectivity index (χ1) is 7.91. The summed E-state index contributed by atoms with van der Waals surface area (Å²) in [6.07, 6.45) is 0. The summed E-state index contributed by atoms with van der Waals surface area (Å²) >= 11 is 5.96. The summed E-state index contributed by atoms with van der Waals surface area (Å²) in [5.74, 6) is -0.869. The van der Waals surface area contributed by atoms with Crippen LogP contribution in [0, 0.1) is 18.6 Å². The second-order valence-electron chi connectivity index (χ2n) is 4.41. The first-order valence-electron chi connectivity index (χ1n) is 5.36. The highest BCUT2D eigenvalue weighted by Crippen LogP contribution is 2.30. The minimum absolute atomic E-state index is 0.0116. The number of halogens is 3. The van der Waals surface area contributed by atoms with Crippen LogP contribution in [0.25, 0.3) is 10.9 Å². The van der Waals surface area contributed by atoms with E-state index in [9.17, 15) is 8.78 Å². The highest BCUT2D eigenvalue weighted by molar-refractivity contribution is 6.30. The van der Waals surface area contributed by atoms with Crippen molar-refractivity contribution < 1.29 is 8.78 Å². The third-order valence-corrected chi connectivity index (χ3v) is 3.08. The average Bonchev–Trinajstić information content (AvgIpc) is 2.25. The molecule has 0 bridgehead atoms. The largest absolute Gasteiger partial charge is 0.233 e. The number of hydrogen-bond donors (Lipinski definition) is 0. The Morgan fingerprint density at radius 2 is 1.88 bits per heavy atom. The molecule has 0 unspecified atom stereocenters. The van der Waals surface area contributed by atoms with Gasteiger partial charge < -0.3 is 0 Å². The number of aryl methyl sites for hydroxylation is 1. The zero-order valence-corrected chi connectivity index (χ0v) is 10.6. The van der Waals surface area contributed by atoms with Gasteiger partial charge in [-0.15, -0.1) is 0 Å². The summed E-state index contributed by atoms with van der Waals surface area (Å²) in [5, 5.41) is 0.422. The van der Waals surface area contributed by atoms with Crippen molar-refractivity contribution in [3.05, 3.63) is 40.0 Å². The van der Waals surface area contributed by atoms with E-state index in [1.54, 1.807) is 6.07 Å². The Balaban J connectivity index is 2.88. The van der Waals surface area contributed by atoms with Crippen LogP contribution >= 0.6 is 11.6 Å². The standard InChI is InChI=1S/C13H12ClF2N/c1-6(2)8-5-9-11(16)7(3)4-10(15)12(9)17-13(8)14/h4-6H,1-3H3. The van der Waals surface area contributed by atoms with Gasteiger partial charge in [0.05, 0.1) is 0 Å². The van der Waals surface area contributed by atoms with Gasteiger partial charge in [0.25, 0.3) is 0 Å². The van der Waals surface area contributed by atoms with Crippen LogP contribution in [0.15, 0.2) is 12.1 Å². The Kier molecular flexibility index (Phi) is 3.04. The van der Waals surface area contributed by atoms with E-state index in [1.165, 1.54) is 6.92 Å². The molecule has 0 atom stereocenters. The van der Waals surface area contributed by atoms with Crippen LogP contribution in [-0.4, -0.2) is 4.98 Å². The number of aromatic nitrogens is 1. The van der Waals surface area contributed by atoms with Crippen molar-refractivity contribution in [3.8, 4) is 0 Å². The Bertz CT molecular complexity index is 594. The topological polar surface area (TPSA) is 12.9 Å². The molecule has 0 fully saturated rings. The molecular formula is C13H12ClF2N. The molecule has 0 amide bonds. The summed E-state index contributed by atoms with van der Waals surface area (Å²) in [6, 6.07) is 2.72. The number of nitrogens with zero attached hydrogens (tertiary/aromatic N) is 1. The van der Waals surface area contributed by atoms with E-state index >= 15 is 0 Å². The number of pyridine rings is 1. The normalized spacial score (nSPS) is 11.5. The van der Waals surface area contributed by atoms with Gasteiger partial charge in [0.15, 0.2) is 0 Å². The molecule has 0 saturated carbocycles. The summed E-state index contributed by atoms with van der Waals surface area (Å²) in [4.78, 5) is 3.95. The molecule has 1 aromatic carbocycles. The molecule has 1 heterocycles. The van der Waals surface area contributed by atoms with E-state index in [4.69, 9.17) is 11.6 Å². The predicted octanol–water partition coefficient (Wildman–Crippen LogP) is 4.60. The molecule has 4 heteroatoms. The molecule has 17 heavy (non-hydrogen) atoms. The quantitative estimate of drug-likeness (QED) is 0.679. The maximum absolute atomic E-state index is 13.9. The highest BCUT2D eigenvalue weighted by Gasteiger charge is 2.15. The summed E-state index contributed by atoms with van der Waals surface area (Å²) < 4.78 is 27.6. The van der Waals surface area contributed by atoms with Crippen LogP contribution in [-0.2, 0) is 0 Å². The molecule has 0 N–H and O–H groups in total. The minimum atomic E-state index is -0.545. The number of hydrogen-bond acceptors (Lipinski definition) is 1. The molecule has 1 nitrogen and oxygen atoms in total. The summed E-state index contributed by atoms with van der Waals surface area (Å²) in [5.41, 5.74) is 0.986. The van der Waals surface area contributed by atoms with Crippen molar-refractivity contribution in [1.29, 1.82) is 0 Å². The van der Waals surface area contributed by atoms with Crippen LogP contribution in [0.5, 0.6) is 0 Å². The van der Waals surface area contributed by atoms with E-state index in [0.29, 0.717) is 0 Å². The second kappa shape index (κ2) is 4.22. The van der Waals surface area contributed by atoms with Crippen molar-refractivity contribution in [3.63, 3.8) is 0 Å². The van der Waals surface area contributed by atoms with Gasteiger partial charge >= 0.3 is 0 Å². The lowest BCUT2D eigenvalue weighted by atomic mass is 10.0. The monoisotopic (exact) mass is 255 g/mol. The van der Waals surface area contributed by atoms with Gasteiger partial charge in [-0.2, -0.15) is 0 Å². The molecule has 0 radical (unpaired) electrons. The SMILES string of the molecule is Cc1cc(F)c2nc(Cl)c(C(C)C)cc2c1F. The van der Waals surface area contributed by atoms with E-state index in [-0.39, 0.29) is 27.5 Å². The number of fused-ring (bicyclic) bond motifs is 1. The average molecular weight is 256 g/mol. The molecule has 0 spiro atoms. The predicted molar refractivity (Wildman–Crippen MR) is 65.5 cm³/mol. The molecule has 1 aromatic heterocycles. The first-order valence-corrected chi connectivity index (χ1v) is 5.74. The zero-order chi connectivity index (χ0) is 12.7. The van der Waals surface area contributed by atoms with Crippen molar-refractivity contribution in [2.75, 3.05) is 0 Å². The van der Waals surface area contributed by atoms with Crippen molar-refractivity contribution in [2.45, 2.75) is 26.7 Å². The fourth-order valence-corrected chi connectivity index (χ4v) is 2.15. The van der Waals surface area contributed by atoms with Gasteiger partial charge in [-0.25, -0.2) is 13.8 Å². The van der Waals surface area contributed by atoms with Crippen molar-refractivity contribution in [2.24, 2.45) is 0 Å². The van der Waals surface area contributed by atoms with E-state index in [0.717, 1.165) is 11.6 Å². The Labute approximate surface area is 103 Å². The van der Waals surface area contributed by atoms with Gasteiger partial charge in [-0.05, 0) is 36.1 Å². The molecule has 2 aromatic rings. The number of benzene rings is 1. The van der Waals surface area contributed by atoms with Crippen LogP contribution in [0.2, 0.25) is 5.15 Å². The van der Waals surface area contributed by atoms with Crippen molar-refractivity contribution >= 4 is 22.5 Å². The van der Waals surface area contributed by atoms with Crippen LogP contribution in [0.4, 0.5) is 8.78 Å². The highest BCUT2D eigenvalue weighted by atomic mass is 35.5. The Hall–Kier alpha value is -1.22. The maximum atomic E-state index is 13.9.